The molecule has 2 N–H and O–H groups in total. The SMILES string of the molecule is Cc1sc(Nc2cccc(Cl)c2)nc1C(=O)O. The molecule has 0 aliphatic carbocycles. The number of thiazole rings is 1. The standard InChI is InChI=1S/C11H9ClN2O2S/c1-6-9(10(15)16)14-11(17-6)13-8-4-2-3-7(12)5-8/h2-5H,1H3,(H,13,14)(H,15,16). The summed E-state index contributed by atoms with van der Waals surface area (Å²) < 4.78 is 0. The number of carbonyl (C=O) groups is 1. The summed E-state index contributed by atoms with van der Waals surface area (Å²) in [5.74, 6) is -1.02. The number of aromatic nitrogens is 1. The number of rotatable bonds is 3. The second-order valence-corrected chi connectivity index (χ2v) is 5.00. The van der Waals surface area contributed by atoms with Crippen LogP contribution in [-0.4, -0.2) is 16.1 Å². The molecule has 6 heteroatoms. The Balaban J connectivity index is 2.25. The highest BCUT2D eigenvalue weighted by Crippen LogP contribution is 2.26. The number of nitrogens with zero attached hydrogens (tertiary/aromatic N) is 1. The number of carboxylic acids is 1. The van der Waals surface area contributed by atoms with Gasteiger partial charge < -0.3 is 10.4 Å². The second kappa shape index (κ2) is 4.73. The average molecular weight is 269 g/mol. The van der Waals surface area contributed by atoms with Gasteiger partial charge in [-0.3, -0.25) is 0 Å². The van der Waals surface area contributed by atoms with E-state index in [0.29, 0.717) is 15.0 Å². The Hall–Kier alpha value is -1.59. The zero-order valence-electron chi connectivity index (χ0n) is 8.90. The molecule has 2 rings (SSSR count). The molecule has 0 bridgehead atoms. The lowest BCUT2D eigenvalue weighted by atomic mass is 10.3. The van der Waals surface area contributed by atoms with Crippen molar-refractivity contribution in [2.45, 2.75) is 6.92 Å². The number of carboxylic acid groups (broad SMARTS) is 1. The van der Waals surface area contributed by atoms with Gasteiger partial charge in [-0.15, -0.1) is 11.3 Å². The summed E-state index contributed by atoms with van der Waals surface area (Å²) in [6, 6.07) is 7.16. The maximum absolute atomic E-state index is 10.8. The van der Waals surface area contributed by atoms with Crippen molar-refractivity contribution < 1.29 is 9.90 Å². The number of aryl methyl sites for hydroxylation is 1. The van der Waals surface area contributed by atoms with Gasteiger partial charge in [0.1, 0.15) is 0 Å². The van der Waals surface area contributed by atoms with Gasteiger partial charge in [-0.2, -0.15) is 0 Å². The van der Waals surface area contributed by atoms with Crippen molar-refractivity contribution in [1.29, 1.82) is 0 Å². The molecule has 17 heavy (non-hydrogen) atoms. The van der Waals surface area contributed by atoms with Crippen LogP contribution in [0.3, 0.4) is 0 Å². The first-order valence-corrected chi connectivity index (χ1v) is 5.99. The van der Waals surface area contributed by atoms with Gasteiger partial charge in [0.15, 0.2) is 10.8 Å². The molecule has 0 fully saturated rings. The monoisotopic (exact) mass is 268 g/mol. The van der Waals surface area contributed by atoms with Gasteiger partial charge in [0, 0.05) is 15.6 Å². The van der Waals surface area contributed by atoms with E-state index in [2.05, 4.69) is 10.3 Å². The van der Waals surface area contributed by atoms with Crippen LogP contribution in [0.5, 0.6) is 0 Å². The van der Waals surface area contributed by atoms with Gasteiger partial charge in [-0.25, -0.2) is 9.78 Å². The van der Waals surface area contributed by atoms with E-state index < -0.39 is 5.97 Å². The summed E-state index contributed by atoms with van der Waals surface area (Å²) >= 11 is 7.14. The molecule has 1 heterocycles. The number of halogens is 1. The molecule has 0 aliphatic rings. The fourth-order valence-electron chi connectivity index (χ4n) is 1.34. The molecule has 0 saturated heterocycles. The van der Waals surface area contributed by atoms with Gasteiger partial charge >= 0.3 is 5.97 Å². The largest absolute Gasteiger partial charge is 0.476 e. The zero-order chi connectivity index (χ0) is 12.4. The number of anilines is 2. The third kappa shape index (κ3) is 2.75. The molecule has 0 unspecified atom stereocenters. The van der Waals surface area contributed by atoms with Crippen LogP contribution in [0, 0.1) is 6.92 Å². The lowest BCUT2D eigenvalue weighted by Gasteiger charge is -2.01. The summed E-state index contributed by atoms with van der Waals surface area (Å²) in [7, 11) is 0. The molecular formula is C11H9ClN2O2S. The van der Waals surface area contributed by atoms with Crippen LogP contribution >= 0.6 is 22.9 Å². The zero-order valence-corrected chi connectivity index (χ0v) is 10.5. The van der Waals surface area contributed by atoms with Crippen LogP contribution in [0.15, 0.2) is 24.3 Å². The molecule has 1 aromatic carbocycles. The van der Waals surface area contributed by atoms with E-state index in [1.54, 1.807) is 19.1 Å². The maximum atomic E-state index is 10.8. The van der Waals surface area contributed by atoms with E-state index in [0.717, 1.165) is 5.69 Å². The Bertz CT molecular complexity index is 568. The molecule has 4 nitrogen and oxygen atoms in total. The van der Waals surface area contributed by atoms with Crippen molar-refractivity contribution >= 4 is 39.7 Å². The number of benzene rings is 1. The van der Waals surface area contributed by atoms with Crippen LogP contribution in [-0.2, 0) is 0 Å². The van der Waals surface area contributed by atoms with Crippen LogP contribution < -0.4 is 5.32 Å². The number of hydrogen-bond acceptors (Lipinski definition) is 4. The van der Waals surface area contributed by atoms with Crippen LogP contribution in [0.25, 0.3) is 0 Å². The topological polar surface area (TPSA) is 62.2 Å². The fraction of sp³-hybridized carbons (Fsp3) is 0.0909. The Morgan fingerprint density at radius 3 is 2.88 bits per heavy atom. The number of aromatic carboxylic acids is 1. The third-order valence-corrected chi connectivity index (χ3v) is 3.20. The summed E-state index contributed by atoms with van der Waals surface area (Å²) in [4.78, 5) is 15.5. The molecule has 88 valence electrons. The first kappa shape index (κ1) is 11.9. The first-order chi connectivity index (χ1) is 8.06. The Morgan fingerprint density at radius 1 is 1.53 bits per heavy atom. The highest BCUT2D eigenvalue weighted by atomic mass is 35.5. The van der Waals surface area contributed by atoms with E-state index in [1.165, 1.54) is 11.3 Å². The first-order valence-electron chi connectivity index (χ1n) is 4.79. The summed E-state index contributed by atoms with van der Waals surface area (Å²) in [6.07, 6.45) is 0. The molecule has 0 atom stereocenters. The van der Waals surface area contributed by atoms with Crippen LogP contribution in [0.4, 0.5) is 10.8 Å². The van der Waals surface area contributed by atoms with E-state index in [1.807, 2.05) is 12.1 Å². The predicted molar refractivity (Wildman–Crippen MR) is 68.5 cm³/mol. The van der Waals surface area contributed by atoms with E-state index in [-0.39, 0.29) is 5.69 Å². The molecular weight excluding hydrogens is 260 g/mol. The minimum Gasteiger partial charge on any atom is -0.476 e. The van der Waals surface area contributed by atoms with Crippen LogP contribution in [0.2, 0.25) is 5.02 Å². The third-order valence-electron chi connectivity index (χ3n) is 2.08. The highest BCUT2D eigenvalue weighted by molar-refractivity contribution is 7.15. The molecule has 0 saturated carbocycles. The number of nitrogens with one attached hydrogen (secondary N) is 1. The summed E-state index contributed by atoms with van der Waals surface area (Å²) in [6.45, 7) is 1.73. The molecule has 0 aliphatic heterocycles. The Morgan fingerprint density at radius 2 is 2.29 bits per heavy atom. The Labute approximate surface area is 107 Å². The van der Waals surface area contributed by atoms with Crippen molar-refractivity contribution in [3.8, 4) is 0 Å². The lowest BCUT2D eigenvalue weighted by molar-refractivity contribution is 0.0690. The van der Waals surface area contributed by atoms with Gasteiger partial charge in [0.25, 0.3) is 0 Å². The number of hydrogen-bond donors (Lipinski definition) is 2. The van der Waals surface area contributed by atoms with Crippen molar-refractivity contribution in [2.75, 3.05) is 5.32 Å². The molecule has 2 aromatic rings. The molecule has 1 aromatic heterocycles. The molecule has 0 radical (unpaired) electrons. The van der Waals surface area contributed by atoms with Gasteiger partial charge in [0.05, 0.1) is 0 Å². The summed E-state index contributed by atoms with van der Waals surface area (Å²) in [5, 5.41) is 13.1. The van der Waals surface area contributed by atoms with Crippen molar-refractivity contribution in [2.24, 2.45) is 0 Å². The summed E-state index contributed by atoms with van der Waals surface area (Å²) in [5.41, 5.74) is 0.864. The van der Waals surface area contributed by atoms with Crippen molar-refractivity contribution in [3.05, 3.63) is 39.9 Å². The van der Waals surface area contributed by atoms with Gasteiger partial charge in [-0.1, -0.05) is 17.7 Å². The van der Waals surface area contributed by atoms with Crippen molar-refractivity contribution in [1.82, 2.24) is 4.98 Å². The average Bonchev–Trinajstić information content (AvgIpc) is 2.59. The fourth-order valence-corrected chi connectivity index (χ4v) is 2.35. The van der Waals surface area contributed by atoms with E-state index in [4.69, 9.17) is 16.7 Å². The van der Waals surface area contributed by atoms with Crippen molar-refractivity contribution in [3.63, 3.8) is 0 Å². The quantitative estimate of drug-likeness (QED) is 0.894. The minimum atomic E-state index is -1.02. The smallest absolute Gasteiger partial charge is 0.355 e. The van der Waals surface area contributed by atoms with Crippen LogP contribution in [0.1, 0.15) is 15.4 Å². The van der Waals surface area contributed by atoms with Gasteiger partial charge in [-0.05, 0) is 25.1 Å². The lowest BCUT2D eigenvalue weighted by Crippen LogP contribution is -1.99. The Kier molecular flexibility index (Phi) is 3.31. The highest BCUT2D eigenvalue weighted by Gasteiger charge is 2.13. The second-order valence-electron chi connectivity index (χ2n) is 3.36. The van der Waals surface area contributed by atoms with E-state index in [9.17, 15) is 4.79 Å². The maximum Gasteiger partial charge on any atom is 0.355 e. The molecule has 0 spiro atoms. The molecule has 0 amide bonds. The minimum absolute atomic E-state index is 0.0829. The predicted octanol–water partition coefficient (Wildman–Crippen LogP) is 3.55. The normalized spacial score (nSPS) is 10.2. The van der Waals surface area contributed by atoms with Gasteiger partial charge in [0.2, 0.25) is 0 Å². The van der Waals surface area contributed by atoms with E-state index >= 15 is 0 Å².